The van der Waals surface area contributed by atoms with Crippen molar-refractivity contribution in [1.29, 1.82) is 0 Å². The van der Waals surface area contributed by atoms with Crippen LogP contribution in [-0.2, 0) is 4.74 Å². The molecule has 4 nitrogen and oxygen atoms in total. The lowest BCUT2D eigenvalue weighted by atomic mass is 9.88. The van der Waals surface area contributed by atoms with Crippen LogP contribution in [0.25, 0.3) is 0 Å². The van der Waals surface area contributed by atoms with E-state index in [0.717, 1.165) is 0 Å². The molecule has 1 aliphatic carbocycles. The minimum absolute atomic E-state index is 0.164. The second-order valence-electron chi connectivity index (χ2n) is 3.82. The van der Waals surface area contributed by atoms with Crippen LogP contribution in [0.5, 0.6) is 0 Å². The lowest BCUT2D eigenvalue weighted by molar-refractivity contribution is -0.107. The highest BCUT2D eigenvalue weighted by Gasteiger charge is 2.46. The normalized spacial score (nSPS) is 19.2. The van der Waals surface area contributed by atoms with E-state index < -0.39 is 11.9 Å². The molecule has 1 aromatic heterocycles. The SMILES string of the molecule is CCOC(=O)c1ccn(C2CC(F)(F)C2)n1. The maximum atomic E-state index is 12.6. The van der Waals surface area contributed by atoms with E-state index in [2.05, 4.69) is 5.10 Å². The first-order chi connectivity index (χ1) is 7.52. The average molecular weight is 230 g/mol. The monoisotopic (exact) mass is 230 g/mol. The molecule has 0 saturated heterocycles. The molecule has 16 heavy (non-hydrogen) atoms. The van der Waals surface area contributed by atoms with Gasteiger partial charge in [-0.1, -0.05) is 0 Å². The smallest absolute Gasteiger partial charge is 0.358 e. The zero-order valence-electron chi connectivity index (χ0n) is 8.82. The van der Waals surface area contributed by atoms with Crippen molar-refractivity contribution in [3.05, 3.63) is 18.0 Å². The molecular formula is C10H12F2N2O2. The van der Waals surface area contributed by atoms with E-state index in [1.54, 1.807) is 6.92 Å². The molecule has 1 heterocycles. The standard InChI is InChI=1S/C10H12F2N2O2/c1-2-16-9(15)8-3-4-14(13-8)7-5-10(11,12)6-7/h3-4,7H,2,5-6H2,1H3. The quantitative estimate of drug-likeness (QED) is 0.746. The van der Waals surface area contributed by atoms with Crippen molar-refractivity contribution < 1.29 is 18.3 Å². The molecular weight excluding hydrogens is 218 g/mol. The molecule has 0 bridgehead atoms. The first-order valence-electron chi connectivity index (χ1n) is 5.12. The van der Waals surface area contributed by atoms with E-state index in [4.69, 9.17) is 4.74 Å². The Bertz CT molecular complexity index is 395. The van der Waals surface area contributed by atoms with Gasteiger partial charge in [0.25, 0.3) is 5.92 Å². The predicted octanol–water partition coefficient (Wildman–Crippen LogP) is 2.03. The first kappa shape index (κ1) is 11.0. The highest BCUT2D eigenvalue weighted by molar-refractivity contribution is 5.86. The Morgan fingerprint density at radius 1 is 1.69 bits per heavy atom. The number of carbonyl (C=O) groups is 1. The summed E-state index contributed by atoms with van der Waals surface area (Å²) >= 11 is 0. The van der Waals surface area contributed by atoms with Crippen LogP contribution < -0.4 is 0 Å². The number of nitrogens with zero attached hydrogens (tertiary/aromatic N) is 2. The number of esters is 1. The zero-order chi connectivity index (χ0) is 11.8. The first-order valence-corrected chi connectivity index (χ1v) is 5.12. The van der Waals surface area contributed by atoms with Crippen LogP contribution in [0.2, 0.25) is 0 Å². The molecule has 0 aromatic carbocycles. The molecule has 1 fully saturated rings. The van der Waals surface area contributed by atoms with Crippen LogP contribution >= 0.6 is 0 Å². The molecule has 0 amide bonds. The van der Waals surface area contributed by atoms with Gasteiger partial charge in [0, 0.05) is 19.0 Å². The van der Waals surface area contributed by atoms with Crippen LogP contribution in [0.4, 0.5) is 8.78 Å². The number of aromatic nitrogens is 2. The fourth-order valence-corrected chi connectivity index (χ4v) is 1.67. The third kappa shape index (κ3) is 2.05. The van der Waals surface area contributed by atoms with Crippen LogP contribution in [0.1, 0.15) is 36.3 Å². The third-order valence-corrected chi connectivity index (χ3v) is 2.54. The molecule has 0 N–H and O–H groups in total. The molecule has 6 heteroatoms. The van der Waals surface area contributed by atoms with Crippen molar-refractivity contribution in [1.82, 2.24) is 9.78 Å². The Labute approximate surface area is 91.2 Å². The van der Waals surface area contributed by atoms with Crippen molar-refractivity contribution in [2.75, 3.05) is 6.61 Å². The topological polar surface area (TPSA) is 44.1 Å². The molecule has 1 aromatic rings. The van der Waals surface area contributed by atoms with Gasteiger partial charge in [-0.05, 0) is 13.0 Å². The van der Waals surface area contributed by atoms with Crippen LogP contribution in [0, 0.1) is 0 Å². The molecule has 0 aliphatic heterocycles. The van der Waals surface area contributed by atoms with Gasteiger partial charge in [-0.3, -0.25) is 4.68 Å². The van der Waals surface area contributed by atoms with Gasteiger partial charge in [0.05, 0.1) is 12.6 Å². The van der Waals surface area contributed by atoms with E-state index in [-0.39, 0.29) is 31.2 Å². The molecule has 0 atom stereocenters. The van der Waals surface area contributed by atoms with Crippen LogP contribution in [0.3, 0.4) is 0 Å². The molecule has 0 spiro atoms. The second kappa shape index (κ2) is 3.84. The fourth-order valence-electron chi connectivity index (χ4n) is 1.67. The summed E-state index contributed by atoms with van der Waals surface area (Å²) in [5, 5.41) is 3.93. The number of alkyl halides is 2. The van der Waals surface area contributed by atoms with E-state index in [1.807, 2.05) is 0 Å². The van der Waals surface area contributed by atoms with Gasteiger partial charge in [0.1, 0.15) is 0 Å². The summed E-state index contributed by atoms with van der Waals surface area (Å²) in [5.41, 5.74) is 0.164. The summed E-state index contributed by atoms with van der Waals surface area (Å²) in [6.45, 7) is 1.97. The van der Waals surface area contributed by atoms with Crippen LogP contribution in [-0.4, -0.2) is 28.3 Å². The minimum Gasteiger partial charge on any atom is -0.461 e. The molecule has 2 rings (SSSR count). The van der Waals surface area contributed by atoms with Gasteiger partial charge in [-0.2, -0.15) is 5.10 Å². The summed E-state index contributed by atoms with van der Waals surface area (Å²) in [7, 11) is 0. The van der Waals surface area contributed by atoms with E-state index in [1.165, 1.54) is 16.9 Å². The van der Waals surface area contributed by atoms with Crippen molar-refractivity contribution in [2.24, 2.45) is 0 Å². The summed E-state index contributed by atoms with van der Waals surface area (Å²) in [4.78, 5) is 11.3. The number of rotatable bonds is 3. The highest BCUT2D eigenvalue weighted by Crippen LogP contribution is 2.44. The Balaban J connectivity index is 2.01. The number of hydrogen-bond acceptors (Lipinski definition) is 3. The molecule has 88 valence electrons. The van der Waals surface area contributed by atoms with Gasteiger partial charge in [-0.25, -0.2) is 13.6 Å². The Morgan fingerprint density at radius 3 is 2.94 bits per heavy atom. The minimum atomic E-state index is -2.58. The number of carbonyl (C=O) groups excluding carboxylic acids is 1. The maximum Gasteiger partial charge on any atom is 0.358 e. The van der Waals surface area contributed by atoms with E-state index >= 15 is 0 Å². The number of halogens is 2. The van der Waals surface area contributed by atoms with Crippen molar-refractivity contribution in [2.45, 2.75) is 31.7 Å². The van der Waals surface area contributed by atoms with Crippen LogP contribution in [0.15, 0.2) is 12.3 Å². The Hall–Kier alpha value is -1.46. The van der Waals surface area contributed by atoms with Gasteiger partial charge in [-0.15, -0.1) is 0 Å². The lowest BCUT2D eigenvalue weighted by Gasteiger charge is -2.34. The van der Waals surface area contributed by atoms with E-state index in [0.29, 0.717) is 0 Å². The fraction of sp³-hybridized carbons (Fsp3) is 0.600. The summed E-state index contributed by atoms with van der Waals surface area (Å²) in [6.07, 6.45) is 1.11. The molecule has 1 saturated carbocycles. The average Bonchev–Trinajstić information content (AvgIpc) is 2.62. The van der Waals surface area contributed by atoms with Crippen molar-refractivity contribution >= 4 is 5.97 Å². The summed E-state index contributed by atoms with van der Waals surface area (Å²) < 4.78 is 31.4. The number of hydrogen-bond donors (Lipinski definition) is 0. The molecule has 0 radical (unpaired) electrons. The molecule has 1 aliphatic rings. The zero-order valence-corrected chi connectivity index (χ0v) is 8.82. The molecule has 0 unspecified atom stereocenters. The van der Waals surface area contributed by atoms with Gasteiger partial charge in [0.2, 0.25) is 0 Å². The predicted molar refractivity (Wildman–Crippen MR) is 51.4 cm³/mol. The Morgan fingerprint density at radius 2 is 2.38 bits per heavy atom. The van der Waals surface area contributed by atoms with Gasteiger partial charge < -0.3 is 4.74 Å². The van der Waals surface area contributed by atoms with Gasteiger partial charge in [0.15, 0.2) is 5.69 Å². The second-order valence-corrected chi connectivity index (χ2v) is 3.82. The van der Waals surface area contributed by atoms with Gasteiger partial charge >= 0.3 is 5.97 Å². The third-order valence-electron chi connectivity index (χ3n) is 2.54. The Kier molecular flexibility index (Phi) is 2.65. The number of ether oxygens (including phenoxy) is 1. The summed E-state index contributed by atoms with van der Waals surface area (Å²) in [6, 6.07) is 1.17. The van der Waals surface area contributed by atoms with E-state index in [9.17, 15) is 13.6 Å². The van der Waals surface area contributed by atoms with Crippen molar-refractivity contribution in [3.63, 3.8) is 0 Å². The highest BCUT2D eigenvalue weighted by atomic mass is 19.3. The lowest BCUT2D eigenvalue weighted by Crippen LogP contribution is -2.37. The summed E-state index contributed by atoms with van der Waals surface area (Å²) in [5.74, 6) is -3.10. The van der Waals surface area contributed by atoms with Crippen molar-refractivity contribution in [3.8, 4) is 0 Å². The largest absolute Gasteiger partial charge is 0.461 e. The maximum absolute atomic E-state index is 12.6.